The van der Waals surface area contributed by atoms with Crippen molar-refractivity contribution in [3.8, 4) is 0 Å². The molecule has 0 radical (unpaired) electrons. The molecule has 6 N–H and O–H groups in total. The lowest BCUT2D eigenvalue weighted by molar-refractivity contribution is 0.111. The van der Waals surface area contributed by atoms with E-state index in [1.807, 2.05) is 24.3 Å². The third-order valence-electron chi connectivity index (χ3n) is 4.68. The second-order valence-corrected chi connectivity index (χ2v) is 8.72. The van der Waals surface area contributed by atoms with Crippen LogP contribution in [0.15, 0.2) is 24.3 Å². The van der Waals surface area contributed by atoms with Crippen molar-refractivity contribution in [3.63, 3.8) is 0 Å². The van der Waals surface area contributed by atoms with Gasteiger partial charge in [0.1, 0.15) is 0 Å². The van der Waals surface area contributed by atoms with Crippen LogP contribution < -0.4 is 10.6 Å². The van der Waals surface area contributed by atoms with Gasteiger partial charge in [-0.2, -0.15) is 0 Å². The van der Waals surface area contributed by atoms with E-state index < -0.39 is 11.1 Å². The highest BCUT2D eigenvalue weighted by molar-refractivity contribution is 8.00. The average molecular weight is 373 g/mol. The van der Waals surface area contributed by atoms with E-state index in [4.69, 9.17) is 0 Å². The Labute approximate surface area is 150 Å². The first-order valence-corrected chi connectivity index (χ1v) is 10.0. The molecule has 0 bridgehead atoms. The highest BCUT2D eigenvalue weighted by Crippen LogP contribution is 2.40. The topological polar surface area (TPSA) is 105 Å². The van der Waals surface area contributed by atoms with E-state index in [2.05, 4.69) is 10.6 Å². The van der Waals surface area contributed by atoms with Gasteiger partial charge < -0.3 is 20.4 Å². The van der Waals surface area contributed by atoms with Gasteiger partial charge in [0.05, 0.1) is 48.3 Å². The van der Waals surface area contributed by atoms with Gasteiger partial charge in [0.25, 0.3) is 0 Å². The van der Waals surface area contributed by atoms with Crippen molar-refractivity contribution in [2.24, 2.45) is 0 Å². The number of aliphatic hydroxyl groups excluding tert-OH is 4. The standard InChI is InChI=1S/C16H24N2O4S2/c19-5-15(6-20)9-23-13(17-15)11-1-2-12(4-3-11)14-18-16(7-21,8-22)10-24-14/h1-4,13-14,17-22H,5-10H2/t13-,14-/m1/s1. The fourth-order valence-corrected chi connectivity index (χ4v) is 5.75. The molecule has 0 spiro atoms. The summed E-state index contributed by atoms with van der Waals surface area (Å²) in [5, 5.41) is 44.6. The van der Waals surface area contributed by atoms with Crippen LogP contribution in [0.25, 0.3) is 0 Å². The van der Waals surface area contributed by atoms with Crippen molar-refractivity contribution in [2.45, 2.75) is 21.8 Å². The average Bonchev–Trinajstić information content (AvgIpc) is 3.28. The molecule has 2 fully saturated rings. The Morgan fingerprint density at radius 2 is 1.08 bits per heavy atom. The predicted octanol–water partition coefficient (Wildman–Crippen LogP) is -0.197. The van der Waals surface area contributed by atoms with Crippen LogP contribution in [-0.4, -0.2) is 69.4 Å². The van der Waals surface area contributed by atoms with E-state index in [-0.39, 0.29) is 37.2 Å². The van der Waals surface area contributed by atoms with Crippen LogP contribution in [0.1, 0.15) is 21.9 Å². The molecule has 8 heteroatoms. The van der Waals surface area contributed by atoms with Gasteiger partial charge in [-0.3, -0.25) is 10.6 Å². The third kappa shape index (κ3) is 3.47. The van der Waals surface area contributed by atoms with Crippen LogP contribution in [0.2, 0.25) is 0 Å². The molecule has 0 unspecified atom stereocenters. The van der Waals surface area contributed by atoms with E-state index in [1.165, 1.54) is 0 Å². The highest BCUT2D eigenvalue weighted by Gasteiger charge is 2.40. The van der Waals surface area contributed by atoms with Gasteiger partial charge in [0.15, 0.2) is 0 Å². The Bertz CT molecular complexity index is 501. The third-order valence-corrected chi connectivity index (χ3v) is 7.56. The summed E-state index contributed by atoms with van der Waals surface area (Å²) in [6, 6.07) is 8.19. The van der Waals surface area contributed by atoms with Crippen LogP contribution >= 0.6 is 23.5 Å². The second-order valence-electron chi connectivity index (χ2n) is 6.53. The van der Waals surface area contributed by atoms with E-state index in [0.29, 0.717) is 11.5 Å². The zero-order valence-corrected chi connectivity index (χ0v) is 14.9. The lowest BCUT2D eigenvalue weighted by Crippen LogP contribution is -2.49. The molecule has 2 aliphatic rings. The van der Waals surface area contributed by atoms with Crippen LogP contribution in [0.4, 0.5) is 0 Å². The van der Waals surface area contributed by atoms with Crippen LogP contribution in [0, 0.1) is 0 Å². The molecular weight excluding hydrogens is 348 g/mol. The molecule has 1 aromatic carbocycles. The first kappa shape index (κ1) is 18.5. The molecular formula is C16H24N2O4S2. The van der Waals surface area contributed by atoms with E-state index in [0.717, 1.165) is 11.1 Å². The molecule has 6 nitrogen and oxygen atoms in total. The molecule has 134 valence electrons. The summed E-state index contributed by atoms with van der Waals surface area (Å²) in [6.45, 7) is -0.341. The van der Waals surface area contributed by atoms with Crippen molar-refractivity contribution in [2.75, 3.05) is 37.9 Å². The van der Waals surface area contributed by atoms with Gasteiger partial charge in [-0.05, 0) is 11.1 Å². The number of aliphatic hydroxyl groups is 4. The lowest BCUT2D eigenvalue weighted by atomic mass is 10.0. The van der Waals surface area contributed by atoms with Gasteiger partial charge in [0.2, 0.25) is 0 Å². The van der Waals surface area contributed by atoms with Crippen molar-refractivity contribution in [3.05, 3.63) is 35.4 Å². The van der Waals surface area contributed by atoms with Crippen LogP contribution in [0.5, 0.6) is 0 Å². The summed E-state index contributed by atoms with van der Waals surface area (Å²) < 4.78 is 0. The number of hydrogen-bond acceptors (Lipinski definition) is 8. The largest absolute Gasteiger partial charge is 0.394 e. The maximum atomic E-state index is 9.48. The fraction of sp³-hybridized carbons (Fsp3) is 0.625. The molecule has 24 heavy (non-hydrogen) atoms. The smallest absolute Gasteiger partial charge is 0.0795 e. The molecule has 0 saturated carbocycles. The van der Waals surface area contributed by atoms with Gasteiger partial charge in [0, 0.05) is 11.5 Å². The maximum Gasteiger partial charge on any atom is 0.0795 e. The molecule has 2 heterocycles. The quantitative estimate of drug-likeness (QED) is 0.408. The minimum atomic E-state index is -0.612. The molecule has 1 aromatic rings. The minimum absolute atomic E-state index is 0.0523. The van der Waals surface area contributed by atoms with Crippen molar-refractivity contribution >= 4 is 23.5 Å². The normalized spacial score (nSPS) is 28.3. The molecule has 0 amide bonds. The summed E-state index contributed by atoms with van der Waals surface area (Å²) in [5.41, 5.74) is 0.981. The first-order chi connectivity index (χ1) is 11.6. The van der Waals surface area contributed by atoms with Crippen molar-refractivity contribution < 1.29 is 20.4 Å². The van der Waals surface area contributed by atoms with Gasteiger partial charge >= 0.3 is 0 Å². The molecule has 2 saturated heterocycles. The second kappa shape index (κ2) is 7.51. The van der Waals surface area contributed by atoms with E-state index >= 15 is 0 Å². The summed E-state index contributed by atoms with van der Waals surface area (Å²) in [5.74, 6) is 1.34. The number of thioether (sulfide) groups is 2. The van der Waals surface area contributed by atoms with Crippen molar-refractivity contribution in [1.82, 2.24) is 10.6 Å². The van der Waals surface area contributed by atoms with Gasteiger partial charge in [-0.15, -0.1) is 23.5 Å². The predicted molar refractivity (Wildman–Crippen MR) is 96.9 cm³/mol. The SMILES string of the molecule is OCC1(CO)CS[C@H](c2ccc([C@@H]3NC(CO)(CO)CS3)cc2)N1. The fourth-order valence-electron chi connectivity index (χ4n) is 2.88. The van der Waals surface area contributed by atoms with Gasteiger partial charge in [-0.25, -0.2) is 0 Å². The number of rotatable bonds is 6. The van der Waals surface area contributed by atoms with E-state index in [9.17, 15) is 20.4 Å². The molecule has 2 aliphatic heterocycles. The Balaban J connectivity index is 1.67. The maximum absolute atomic E-state index is 9.48. The van der Waals surface area contributed by atoms with Crippen molar-refractivity contribution in [1.29, 1.82) is 0 Å². The summed E-state index contributed by atoms with van der Waals surface area (Å²) in [7, 11) is 0. The highest BCUT2D eigenvalue weighted by atomic mass is 32.2. The lowest BCUT2D eigenvalue weighted by Gasteiger charge is -2.25. The zero-order chi connectivity index (χ0) is 17.2. The Morgan fingerprint density at radius 1 is 0.750 bits per heavy atom. The molecule has 0 aliphatic carbocycles. The monoisotopic (exact) mass is 372 g/mol. The first-order valence-electron chi connectivity index (χ1n) is 7.91. The summed E-state index contributed by atoms with van der Waals surface area (Å²) >= 11 is 3.36. The molecule has 3 rings (SSSR count). The molecule has 0 aromatic heterocycles. The number of benzene rings is 1. The summed E-state index contributed by atoms with van der Waals surface area (Å²) in [4.78, 5) is 0. The molecule has 2 atom stereocenters. The Hall–Kier alpha value is -0.320. The Kier molecular flexibility index (Phi) is 5.78. The van der Waals surface area contributed by atoms with Crippen LogP contribution in [-0.2, 0) is 0 Å². The Morgan fingerprint density at radius 3 is 1.33 bits per heavy atom. The minimum Gasteiger partial charge on any atom is -0.394 e. The number of hydrogen-bond donors (Lipinski definition) is 6. The zero-order valence-electron chi connectivity index (χ0n) is 13.3. The number of nitrogens with one attached hydrogen (secondary N) is 2. The van der Waals surface area contributed by atoms with Gasteiger partial charge in [-0.1, -0.05) is 24.3 Å². The van der Waals surface area contributed by atoms with Crippen LogP contribution in [0.3, 0.4) is 0 Å². The van der Waals surface area contributed by atoms with E-state index in [1.54, 1.807) is 23.5 Å². The summed E-state index contributed by atoms with van der Waals surface area (Å²) in [6.07, 6.45) is 0.